The molecule has 1 N–H and O–H groups in total. The molecule has 1 atom stereocenters. The second-order valence-corrected chi connectivity index (χ2v) is 7.45. The van der Waals surface area contributed by atoms with E-state index in [2.05, 4.69) is 10.3 Å². The number of rotatable bonds is 7. The first kappa shape index (κ1) is 19.9. The van der Waals surface area contributed by atoms with Crippen molar-refractivity contribution in [1.29, 1.82) is 0 Å². The second kappa shape index (κ2) is 8.89. The molecule has 5 nitrogen and oxygen atoms in total. The number of ether oxygens (including phenoxy) is 2. The zero-order chi connectivity index (χ0) is 20.1. The second-order valence-electron chi connectivity index (χ2n) is 6.60. The molecule has 0 fully saturated rings. The molecule has 0 aliphatic carbocycles. The molecule has 28 heavy (non-hydrogen) atoms. The van der Waals surface area contributed by atoms with Gasteiger partial charge in [-0.2, -0.15) is 0 Å². The predicted octanol–water partition coefficient (Wildman–Crippen LogP) is 4.52. The first-order valence-corrected chi connectivity index (χ1v) is 9.94. The molecule has 0 saturated heterocycles. The summed E-state index contributed by atoms with van der Waals surface area (Å²) in [6.45, 7) is 6.18. The third kappa shape index (κ3) is 4.89. The highest BCUT2D eigenvalue weighted by Crippen LogP contribution is 2.25. The minimum atomic E-state index is -0.582. The van der Waals surface area contributed by atoms with E-state index in [0.717, 1.165) is 27.6 Å². The van der Waals surface area contributed by atoms with Gasteiger partial charge in [-0.1, -0.05) is 6.07 Å². The van der Waals surface area contributed by atoms with Crippen molar-refractivity contribution in [2.24, 2.45) is 0 Å². The molecule has 0 aliphatic heterocycles. The van der Waals surface area contributed by atoms with E-state index in [-0.39, 0.29) is 5.91 Å². The largest absolute Gasteiger partial charge is 0.497 e. The lowest BCUT2D eigenvalue weighted by atomic mass is 10.1. The Kier molecular flexibility index (Phi) is 6.31. The van der Waals surface area contributed by atoms with Gasteiger partial charge in [0.25, 0.3) is 5.91 Å². The molecule has 3 rings (SSSR count). The number of hydrogen-bond acceptors (Lipinski definition) is 5. The summed E-state index contributed by atoms with van der Waals surface area (Å²) in [5.41, 5.74) is 4.18. The van der Waals surface area contributed by atoms with Crippen LogP contribution in [-0.2, 0) is 11.3 Å². The van der Waals surface area contributed by atoms with E-state index in [9.17, 15) is 4.79 Å². The number of thiazole rings is 1. The monoisotopic (exact) mass is 396 g/mol. The molecule has 0 radical (unpaired) electrons. The molecule has 146 valence electrons. The highest BCUT2D eigenvalue weighted by molar-refractivity contribution is 7.13. The number of carbonyl (C=O) groups excluding carboxylic acids is 1. The molecule has 0 spiro atoms. The molecule has 1 heterocycles. The number of methoxy groups -OCH3 is 1. The van der Waals surface area contributed by atoms with Gasteiger partial charge in [-0.25, -0.2) is 4.98 Å². The third-order valence-corrected chi connectivity index (χ3v) is 5.43. The maximum Gasteiger partial charge on any atom is 0.261 e. The lowest BCUT2D eigenvalue weighted by Crippen LogP contribution is -2.36. The van der Waals surface area contributed by atoms with Crippen molar-refractivity contribution in [2.75, 3.05) is 7.11 Å². The van der Waals surface area contributed by atoms with Crippen LogP contribution in [0.5, 0.6) is 11.5 Å². The van der Waals surface area contributed by atoms with Gasteiger partial charge in [0, 0.05) is 10.9 Å². The average Bonchev–Trinajstić information content (AvgIpc) is 3.18. The van der Waals surface area contributed by atoms with Crippen molar-refractivity contribution >= 4 is 17.2 Å². The lowest BCUT2D eigenvalue weighted by molar-refractivity contribution is -0.127. The topological polar surface area (TPSA) is 60.5 Å². The van der Waals surface area contributed by atoms with Crippen molar-refractivity contribution in [1.82, 2.24) is 10.3 Å². The van der Waals surface area contributed by atoms with Gasteiger partial charge in [-0.15, -0.1) is 11.3 Å². The van der Waals surface area contributed by atoms with E-state index in [1.54, 1.807) is 25.4 Å². The fraction of sp³-hybridized carbons (Fsp3) is 0.273. The Morgan fingerprint density at radius 2 is 1.82 bits per heavy atom. The summed E-state index contributed by atoms with van der Waals surface area (Å²) in [5.74, 6) is 1.34. The van der Waals surface area contributed by atoms with Crippen molar-refractivity contribution in [3.05, 3.63) is 64.7 Å². The Morgan fingerprint density at radius 3 is 2.50 bits per heavy atom. The molecule has 1 amide bonds. The van der Waals surface area contributed by atoms with Crippen molar-refractivity contribution < 1.29 is 14.3 Å². The van der Waals surface area contributed by atoms with E-state index in [0.29, 0.717) is 12.3 Å². The lowest BCUT2D eigenvalue weighted by Gasteiger charge is -2.15. The summed E-state index contributed by atoms with van der Waals surface area (Å²) in [6, 6.07) is 13.6. The Bertz CT molecular complexity index is 951. The quantitative estimate of drug-likeness (QED) is 0.638. The SMILES string of the molecule is COc1ccc(-c2nc(CNC(=O)C(C)Oc3ccc(C)c(C)c3)cs2)cc1. The van der Waals surface area contributed by atoms with Crippen LogP contribution < -0.4 is 14.8 Å². The van der Waals surface area contributed by atoms with Crippen LogP contribution in [0, 0.1) is 13.8 Å². The van der Waals surface area contributed by atoms with Crippen LogP contribution in [0.1, 0.15) is 23.7 Å². The fourth-order valence-electron chi connectivity index (χ4n) is 2.62. The van der Waals surface area contributed by atoms with Gasteiger partial charge in [0.2, 0.25) is 0 Å². The highest BCUT2D eigenvalue weighted by atomic mass is 32.1. The van der Waals surface area contributed by atoms with E-state index in [1.807, 2.05) is 61.7 Å². The first-order valence-electron chi connectivity index (χ1n) is 9.06. The Morgan fingerprint density at radius 1 is 1.11 bits per heavy atom. The Hall–Kier alpha value is -2.86. The zero-order valence-corrected chi connectivity index (χ0v) is 17.3. The van der Waals surface area contributed by atoms with Crippen molar-refractivity contribution in [3.63, 3.8) is 0 Å². The molecule has 0 aliphatic rings. The van der Waals surface area contributed by atoms with Crippen LogP contribution in [-0.4, -0.2) is 24.1 Å². The standard InChI is InChI=1S/C22H24N2O3S/c1-14-5-8-20(11-15(14)2)27-16(3)21(25)23-12-18-13-28-22(24-18)17-6-9-19(26-4)10-7-17/h5-11,13,16H,12H2,1-4H3,(H,23,25). The van der Waals surface area contributed by atoms with E-state index < -0.39 is 6.10 Å². The minimum absolute atomic E-state index is 0.169. The molecule has 6 heteroatoms. The molecule has 3 aromatic rings. The summed E-state index contributed by atoms with van der Waals surface area (Å²) >= 11 is 1.55. The van der Waals surface area contributed by atoms with Crippen LogP contribution in [0.4, 0.5) is 0 Å². The molecule has 0 bridgehead atoms. The van der Waals surface area contributed by atoms with Gasteiger partial charge in [0.1, 0.15) is 16.5 Å². The Balaban J connectivity index is 1.55. The van der Waals surface area contributed by atoms with Crippen LogP contribution in [0.3, 0.4) is 0 Å². The summed E-state index contributed by atoms with van der Waals surface area (Å²) in [5, 5.41) is 5.75. The normalized spacial score (nSPS) is 11.7. The van der Waals surface area contributed by atoms with Crippen molar-refractivity contribution in [3.8, 4) is 22.1 Å². The van der Waals surface area contributed by atoms with Gasteiger partial charge in [0.15, 0.2) is 6.10 Å². The summed E-state index contributed by atoms with van der Waals surface area (Å²) in [4.78, 5) is 16.9. The molecular weight excluding hydrogens is 372 g/mol. The number of aromatic nitrogens is 1. The summed E-state index contributed by atoms with van der Waals surface area (Å²) < 4.78 is 10.9. The maximum atomic E-state index is 12.3. The number of amides is 1. The molecule has 1 aromatic heterocycles. The van der Waals surface area contributed by atoms with Crippen molar-refractivity contribution in [2.45, 2.75) is 33.4 Å². The van der Waals surface area contributed by atoms with Gasteiger partial charge in [-0.3, -0.25) is 4.79 Å². The van der Waals surface area contributed by atoms with Crippen LogP contribution in [0.15, 0.2) is 47.8 Å². The highest BCUT2D eigenvalue weighted by Gasteiger charge is 2.15. The number of aryl methyl sites for hydroxylation is 2. The van der Waals surface area contributed by atoms with E-state index in [1.165, 1.54) is 5.56 Å². The smallest absolute Gasteiger partial charge is 0.261 e. The Labute approximate surface area is 169 Å². The van der Waals surface area contributed by atoms with Crippen LogP contribution in [0.25, 0.3) is 10.6 Å². The summed E-state index contributed by atoms with van der Waals surface area (Å²) in [6.07, 6.45) is -0.582. The van der Waals surface area contributed by atoms with Gasteiger partial charge in [0.05, 0.1) is 19.3 Å². The van der Waals surface area contributed by atoms with Gasteiger partial charge >= 0.3 is 0 Å². The predicted molar refractivity (Wildman–Crippen MR) is 112 cm³/mol. The third-order valence-electron chi connectivity index (χ3n) is 4.49. The average molecular weight is 397 g/mol. The zero-order valence-electron chi connectivity index (χ0n) is 16.5. The number of benzene rings is 2. The number of carbonyl (C=O) groups is 1. The first-order chi connectivity index (χ1) is 13.5. The number of nitrogens with one attached hydrogen (secondary N) is 1. The number of hydrogen-bond donors (Lipinski definition) is 1. The summed E-state index contributed by atoms with van der Waals surface area (Å²) in [7, 11) is 1.64. The van der Waals surface area contributed by atoms with Gasteiger partial charge < -0.3 is 14.8 Å². The fourth-order valence-corrected chi connectivity index (χ4v) is 3.45. The maximum absolute atomic E-state index is 12.3. The van der Waals surface area contributed by atoms with E-state index >= 15 is 0 Å². The van der Waals surface area contributed by atoms with Crippen LogP contribution in [0.2, 0.25) is 0 Å². The van der Waals surface area contributed by atoms with Crippen LogP contribution >= 0.6 is 11.3 Å². The molecule has 0 saturated carbocycles. The van der Waals surface area contributed by atoms with E-state index in [4.69, 9.17) is 9.47 Å². The molecule has 1 unspecified atom stereocenters. The molecular formula is C22H24N2O3S. The minimum Gasteiger partial charge on any atom is -0.497 e. The van der Waals surface area contributed by atoms with Gasteiger partial charge in [-0.05, 0) is 68.3 Å². The number of nitrogens with zero attached hydrogens (tertiary/aromatic N) is 1. The molecule has 2 aromatic carbocycles.